The second-order valence-electron chi connectivity index (χ2n) is 5.25. The Labute approximate surface area is 108 Å². The van der Waals surface area contributed by atoms with Crippen molar-refractivity contribution in [2.24, 2.45) is 5.92 Å². The highest BCUT2D eigenvalue weighted by atomic mass is 16.2. The summed E-state index contributed by atoms with van der Waals surface area (Å²) in [6, 6.07) is 0.806. The lowest BCUT2D eigenvalue weighted by molar-refractivity contribution is 0.295. The maximum absolute atomic E-state index is 7.88. The minimum absolute atomic E-state index is 0.319. The number of hydrogen-bond donors (Lipinski definition) is 2. The maximum atomic E-state index is 7.88. The monoisotopic (exact) mass is 243 g/mol. The van der Waals surface area contributed by atoms with Crippen LogP contribution >= 0.6 is 0 Å². The molecule has 2 atom stereocenters. The van der Waals surface area contributed by atoms with Gasteiger partial charge in [-0.3, -0.25) is 0 Å². The molecule has 1 rings (SSSR count). The molecule has 0 aromatic heterocycles. The lowest BCUT2D eigenvalue weighted by Crippen LogP contribution is -2.36. The van der Waals surface area contributed by atoms with E-state index in [0.29, 0.717) is 6.61 Å². The van der Waals surface area contributed by atoms with Crippen molar-refractivity contribution in [1.82, 2.24) is 5.32 Å². The molecule has 2 N–H and O–H groups in total. The van der Waals surface area contributed by atoms with E-state index in [9.17, 15) is 0 Å². The van der Waals surface area contributed by atoms with Gasteiger partial charge in [0.05, 0.1) is 0 Å². The molecule has 0 amide bonds. The standard InChI is InChI=1S/C12H25N.C3H8O/c1-3-10-13-12-9-7-5-4-6-8-11(12)2;1-2-3-4/h11-13H,3-10H2,1-2H3;4H,2-3H2,1H3. The molecule has 0 heterocycles. The van der Waals surface area contributed by atoms with E-state index in [4.69, 9.17) is 5.11 Å². The normalized spacial score (nSPS) is 25.4. The van der Waals surface area contributed by atoms with Gasteiger partial charge in [-0.2, -0.15) is 0 Å². The number of aliphatic hydroxyl groups is 1. The summed E-state index contributed by atoms with van der Waals surface area (Å²) >= 11 is 0. The van der Waals surface area contributed by atoms with Gasteiger partial charge in [-0.15, -0.1) is 0 Å². The Balaban J connectivity index is 0.000000557. The average Bonchev–Trinajstić information content (AvgIpc) is 2.34. The number of nitrogens with one attached hydrogen (secondary N) is 1. The second-order valence-corrected chi connectivity index (χ2v) is 5.25. The van der Waals surface area contributed by atoms with Crippen LogP contribution in [0.1, 0.15) is 72.1 Å². The smallest absolute Gasteiger partial charge is 0.0428 e. The molecular weight excluding hydrogens is 210 g/mol. The van der Waals surface area contributed by atoms with Crippen molar-refractivity contribution in [2.45, 2.75) is 78.2 Å². The minimum atomic E-state index is 0.319. The fourth-order valence-corrected chi connectivity index (χ4v) is 2.30. The van der Waals surface area contributed by atoms with Crippen LogP contribution in [-0.2, 0) is 0 Å². The van der Waals surface area contributed by atoms with E-state index < -0.39 is 0 Å². The maximum Gasteiger partial charge on any atom is 0.0428 e. The highest BCUT2D eigenvalue weighted by molar-refractivity contribution is 4.75. The van der Waals surface area contributed by atoms with Crippen molar-refractivity contribution in [2.75, 3.05) is 13.2 Å². The molecule has 1 aliphatic rings. The molecule has 0 radical (unpaired) electrons. The molecule has 1 saturated carbocycles. The van der Waals surface area contributed by atoms with E-state index in [2.05, 4.69) is 19.2 Å². The molecule has 2 heteroatoms. The summed E-state index contributed by atoms with van der Waals surface area (Å²) in [5.41, 5.74) is 0. The Hall–Kier alpha value is -0.0800. The van der Waals surface area contributed by atoms with Crippen molar-refractivity contribution in [1.29, 1.82) is 0 Å². The van der Waals surface area contributed by atoms with Crippen LogP contribution < -0.4 is 5.32 Å². The first-order valence-electron chi connectivity index (χ1n) is 7.60. The molecule has 0 aliphatic heterocycles. The summed E-state index contributed by atoms with van der Waals surface area (Å²) < 4.78 is 0. The quantitative estimate of drug-likeness (QED) is 0.788. The number of rotatable bonds is 4. The average molecular weight is 243 g/mol. The van der Waals surface area contributed by atoms with Crippen molar-refractivity contribution in [3.63, 3.8) is 0 Å². The summed E-state index contributed by atoms with van der Waals surface area (Å²) in [6.45, 7) is 8.12. The minimum Gasteiger partial charge on any atom is -0.396 e. The molecule has 1 fully saturated rings. The zero-order valence-corrected chi connectivity index (χ0v) is 12.2. The number of aliphatic hydroxyl groups excluding tert-OH is 1. The van der Waals surface area contributed by atoms with Crippen LogP contribution in [0.5, 0.6) is 0 Å². The van der Waals surface area contributed by atoms with Gasteiger partial charge >= 0.3 is 0 Å². The molecule has 2 nitrogen and oxygen atoms in total. The summed E-state index contributed by atoms with van der Waals surface area (Å²) in [5.74, 6) is 0.895. The van der Waals surface area contributed by atoms with Crippen LogP contribution in [0.2, 0.25) is 0 Å². The van der Waals surface area contributed by atoms with Crippen LogP contribution in [0.4, 0.5) is 0 Å². The SMILES string of the molecule is CCCNC1CCCCCCC1C.CCCO. The van der Waals surface area contributed by atoms with E-state index in [1.807, 2.05) is 6.92 Å². The van der Waals surface area contributed by atoms with E-state index in [1.54, 1.807) is 0 Å². The Morgan fingerprint density at radius 2 is 1.59 bits per heavy atom. The lowest BCUT2D eigenvalue weighted by Gasteiger charge is -2.27. The zero-order chi connectivity index (χ0) is 12.9. The molecule has 0 spiro atoms. The fraction of sp³-hybridized carbons (Fsp3) is 1.00. The molecule has 0 aromatic rings. The van der Waals surface area contributed by atoms with Gasteiger partial charge in [-0.1, -0.05) is 46.5 Å². The van der Waals surface area contributed by atoms with Gasteiger partial charge < -0.3 is 10.4 Å². The highest BCUT2D eigenvalue weighted by Crippen LogP contribution is 2.22. The van der Waals surface area contributed by atoms with Gasteiger partial charge in [0.2, 0.25) is 0 Å². The van der Waals surface area contributed by atoms with Gasteiger partial charge in [0.15, 0.2) is 0 Å². The third-order valence-corrected chi connectivity index (χ3v) is 3.49. The molecule has 0 bridgehead atoms. The third kappa shape index (κ3) is 9.61. The van der Waals surface area contributed by atoms with Gasteiger partial charge in [-0.05, 0) is 38.1 Å². The Bertz CT molecular complexity index is 146. The van der Waals surface area contributed by atoms with Crippen LogP contribution in [-0.4, -0.2) is 24.3 Å². The van der Waals surface area contributed by atoms with Gasteiger partial charge in [0, 0.05) is 12.6 Å². The molecule has 2 unspecified atom stereocenters. The van der Waals surface area contributed by atoms with Gasteiger partial charge in [0.1, 0.15) is 0 Å². The van der Waals surface area contributed by atoms with Crippen LogP contribution in [0.15, 0.2) is 0 Å². The van der Waals surface area contributed by atoms with Crippen molar-refractivity contribution in [3.8, 4) is 0 Å². The van der Waals surface area contributed by atoms with E-state index in [1.165, 1.54) is 51.5 Å². The molecule has 17 heavy (non-hydrogen) atoms. The Kier molecular flexibility index (Phi) is 12.3. The van der Waals surface area contributed by atoms with Crippen LogP contribution in [0.3, 0.4) is 0 Å². The molecular formula is C15H33NO. The van der Waals surface area contributed by atoms with Crippen LogP contribution in [0, 0.1) is 5.92 Å². The molecule has 0 aromatic carbocycles. The zero-order valence-electron chi connectivity index (χ0n) is 12.2. The topological polar surface area (TPSA) is 32.3 Å². The highest BCUT2D eigenvalue weighted by Gasteiger charge is 2.17. The van der Waals surface area contributed by atoms with E-state index >= 15 is 0 Å². The third-order valence-electron chi connectivity index (χ3n) is 3.49. The molecule has 104 valence electrons. The lowest BCUT2D eigenvalue weighted by atomic mass is 9.88. The summed E-state index contributed by atoms with van der Waals surface area (Å²) in [7, 11) is 0. The number of hydrogen-bond acceptors (Lipinski definition) is 2. The van der Waals surface area contributed by atoms with Crippen molar-refractivity contribution in [3.05, 3.63) is 0 Å². The Morgan fingerprint density at radius 3 is 2.12 bits per heavy atom. The largest absolute Gasteiger partial charge is 0.396 e. The van der Waals surface area contributed by atoms with Gasteiger partial charge in [0.25, 0.3) is 0 Å². The predicted octanol–water partition coefficient (Wildman–Crippen LogP) is 3.73. The first-order chi connectivity index (χ1) is 8.26. The first-order valence-corrected chi connectivity index (χ1v) is 7.60. The summed E-state index contributed by atoms with van der Waals surface area (Å²) in [6.07, 6.45) is 10.8. The van der Waals surface area contributed by atoms with Crippen LogP contribution in [0.25, 0.3) is 0 Å². The van der Waals surface area contributed by atoms with E-state index in [0.717, 1.165) is 18.4 Å². The Morgan fingerprint density at radius 1 is 1.00 bits per heavy atom. The van der Waals surface area contributed by atoms with Gasteiger partial charge in [-0.25, -0.2) is 0 Å². The van der Waals surface area contributed by atoms with Crippen molar-refractivity contribution >= 4 is 0 Å². The second kappa shape index (κ2) is 12.4. The van der Waals surface area contributed by atoms with E-state index in [-0.39, 0.29) is 0 Å². The fourth-order valence-electron chi connectivity index (χ4n) is 2.30. The first kappa shape index (κ1) is 16.9. The van der Waals surface area contributed by atoms with Crippen molar-refractivity contribution < 1.29 is 5.11 Å². The molecule has 0 saturated heterocycles. The summed E-state index contributed by atoms with van der Waals surface area (Å²) in [5, 5.41) is 11.6. The summed E-state index contributed by atoms with van der Waals surface area (Å²) in [4.78, 5) is 0. The molecule has 1 aliphatic carbocycles. The predicted molar refractivity (Wildman–Crippen MR) is 76.3 cm³/mol.